The third-order valence-corrected chi connectivity index (χ3v) is 4.97. The first-order valence-corrected chi connectivity index (χ1v) is 9.81. The monoisotopic (exact) mass is 448 g/mol. The maximum absolute atomic E-state index is 11.9. The van der Waals surface area contributed by atoms with E-state index in [0.717, 1.165) is 0 Å². The van der Waals surface area contributed by atoms with Gasteiger partial charge in [0.15, 0.2) is 11.9 Å². The van der Waals surface area contributed by atoms with Gasteiger partial charge in [0.05, 0.1) is 11.5 Å². The summed E-state index contributed by atoms with van der Waals surface area (Å²) in [7, 11) is -3.64. The summed E-state index contributed by atoms with van der Waals surface area (Å²) in [6, 6.07) is 7.37. The molecule has 0 aliphatic heterocycles. The predicted octanol–water partition coefficient (Wildman–Crippen LogP) is -2.73. The Morgan fingerprint density at radius 2 is 1.73 bits per heavy atom. The van der Waals surface area contributed by atoms with Crippen LogP contribution in [-0.2, 0) is 14.8 Å². The van der Waals surface area contributed by atoms with E-state index in [2.05, 4.69) is 15.6 Å². The summed E-state index contributed by atoms with van der Waals surface area (Å²) in [5.41, 5.74) is 10.6. The van der Waals surface area contributed by atoms with Gasteiger partial charge in [-0.3, -0.25) is 9.52 Å². The third-order valence-electron chi connectivity index (χ3n) is 3.60. The maximum Gasteiger partial charge on any atom is 0.263 e. The molecule has 0 bridgehead atoms. The first kappa shape index (κ1) is 25.3. The zero-order valence-electron chi connectivity index (χ0n) is 15.8. The lowest BCUT2D eigenvalue weighted by molar-refractivity contribution is -0.146. The summed E-state index contributed by atoms with van der Waals surface area (Å²) < 4.78 is 30.8. The number of hydrogen-bond acceptors (Lipinski definition) is 11. The number of nitrogens with one attached hydrogen (secondary N) is 1. The number of nitrogen functional groups attached to an aromatic ring is 1. The molecule has 0 saturated heterocycles. The highest BCUT2D eigenvalue weighted by molar-refractivity contribution is 7.92. The van der Waals surface area contributed by atoms with Gasteiger partial charge in [-0.05, 0) is 31.2 Å². The van der Waals surface area contributed by atoms with Crippen molar-refractivity contribution in [3.05, 3.63) is 36.1 Å². The smallest absolute Gasteiger partial charge is 0.263 e. The van der Waals surface area contributed by atoms with Gasteiger partial charge in [0, 0.05) is 11.8 Å². The molecule has 10 N–H and O–H groups in total. The highest BCUT2D eigenvalue weighted by atomic mass is 32.2. The van der Waals surface area contributed by atoms with Crippen LogP contribution in [0.5, 0.6) is 0 Å². The molecule has 0 aliphatic rings. The topological polar surface area (TPSA) is 242 Å². The number of aliphatic hydroxyl groups is 5. The van der Waals surface area contributed by atoms with Crippen LogP contribution >= 0.6 is 0 Å². The van der Waals surface area contributed by atoms with Crippen molar-refractivity contribution in [1.29, 1.82) is 0 Å². The molecule has 0 spiro atoms. The van der Waals surface area contributed by atoms with E-state index in [-0.39, 0.29) is 10.7 Å². The molecule has 13 nitrogen and oxygen atoms in total. The predicted molar refractivity (Wildman–Crippen MR) is 103 cm³/mol. The van der Waals surface area contributed by atoms with Crippen molar-refractivity contribution < 1.29 is 43.3 Å². The zero-order valence-corrected chi connectivity index (χ0v) is 16.6. The first-order valence-electron chi connectivity index (χ1n) is 8.33. The zero-order chi connectivity index (χ0) is 23.1. The number of carbonyl (C=O) groups is 1. The fraction of sp³-hybridized carbons (Fsp3) is 0.375. The summed E-state index contributed by atoms with van der Waals surface area (Å²) in [5, 5.41) is 47.5. The molecule has 2 rings (SSSR count). The molecule has 1 amide bonds. The summed E-state index contributed by atoms with van der Waals surface area (Å²) >= 11 is 0. The summed E-state index contributed by atoms with van der Waals surface area (Å²) in [4.78, 5) is 10.4. The van der Waals surface area contributed by atoms with Crippen LogP contribution in [0.15, 0.2) is 39.8 Å². The number of aryl methyl sites for hydroxylation is 1. The maximum atomic E-state index is 11.9. The second kappa shape index (κ2) is 10.9. The molecule has 0 saturated carbocycles. The van der Waals surface area contributed by atoms with Crippen LogP contribution in [0.1, 0.15) is 5.76 Å². The number of hydrogen-bond donors (Lipinski definition) is 8. The number of amides is 1. The van der Waals surface area contributed by atoms with Gasteiger partial charge in [-0.15, -0.1) is 0 Å². The minimum atomic E-state index is -3.64. The van der Waals surface area contributed by atoms with Gasteiger partial charge in [0.2, 0.25) is 5.91 Å². The summed E-state index contributed by atoms with van der Waals surface area (Å²) in [6.45, 7) is 0.873. The quantitative estimate of drug-likeness (QED) is 0.193. The van der Waals surface area contributed by atoms with Crippen LogP contribution in [0.2, 0.25) is 0 Å². The Labute approximate surface area is 171 Å². The Morgan fingerprint density at radius 3 is 2.17 bits per heavy atom. The van der Waals surface area contributed by atoms with E-state index >= 15 is 0 Å². The highest BCUT2D eigenvalue weighted by Crippen LogP contribution is 2.16. The van der Waals surface area contributed by atoms with Gasteiger partial charge in [-0.1, -0.05) is 5.16 Å². The molecule has 30 heavy (non-hydrogen) atoms. The average Bonchev–Trinajstić information content (AvgIpc) is 3.10. The molecule has 1 aromatic heterocycles. The largest absolute Gasteiger partial charge is 0.399 e. The van der Waals surface area contributed by atoms with E-state index in [1.807, 2.05) is 0 Å². The lowest BCUT2D eigenvalue weighted by Crippen LogP contribution is -2.50. The standard InChI is InChI=1S/C10H11N3O3S.C6H13NO6/c1-7-6-10(12-16-7)13-17(14,15)9-4-2-8(11)3-5-9;7-6(13)5(12)4(11)3(10)2(9)1-8/h2-6H,11H2,1H3,(H,12,13);2-5,8-12H,1H2,(H2,7,13)/t;2-,3-,4+,5-/m.1/s1. The van der Waals surface area contributed by atoms with Crippen molar-refractivity contribution in [3.8, 4) is 0 Å². The lowest BCUT2D eigenvalue weighted by atomic mass is 10.0. The number of benzene rings is 1. The first-order chi connectivity index (χ1) is 13.9. The molecule has 14 heteroatoms. The van der Waals surface area contributed by atoms with Gasteiger partial charge in [0.1, 0.15) is 24.1 Å². The van der Waals surface area contributed by atoms with Crippen LogP contribution in [0, 0.1) is 6.92 Å². The van der Waals surface area contributed by atoms with Crippen molar-refractivity contribution >= 4 is 27.4 Å². The Bertz CT molecular complexity index is 917. The molecule has 0 fully saturated rings. The molecule has 168 valence electrons. The molecule has 4 atom stereocenters. The van der Waals surface area contributed by atoms with E-state index in [1.54, 1.807) is 6.92 Å². The van der Waals surface area contributed by atoms with E-state index < -0.39 is 47.0 Å². The SMILES string of the molecule is Cc1cc(NS(=O)(=O)c2ccc(N)cc2)no1.NC(=O)[C@H](O)[C@@H](O)[C@H](O)[C@H](O)CO. The highest BCUT2D eigenvalue weighted by Gasteiger charge is 2.32. The van der Waals surface area contributed by atoms with Gasteiger partial charge in [0.25, 0.3) is 10.0 Å². The van der Waals surface area contributed by atoms with E-state index in [9.17, 15) is 13.2 Å². The molecule has 2 aromatic rings. The van der Waals surface area contributed by atoms with Crippen molar-refractivity contribution in [2.24, 2.45) is 5.73 Å². The Morgan fingerprint density at radius 1 is 1.17 bits per heavy atom. The fourth-order valence-electron chi connectivity index (χ4n) is 1.95. The van der Waals surface area contributed by atoms with E-state index in [0.29, 0.717) is 11.4 Å². The van der Waals surface area contributed by atoms with Crippen LogP contribution in [0.25, 0.3) is 0 Å². The van der Waals surface area contributed by atoms with Crippen LogP contribution in [-0.4, -0.2) is 76.0 Å². The number of carbonyl (C=O) groups excluding carboxylic acids is 1. The number of nitrogens with two attached hydrogens (primary N) is 2. The minimum absolute atomic E-state index is 0.118. The van der Waals surface area contributed by atoms with Crippen LogP contribution in [0.3, 0.4) is 0 Å². The van der Waals surface area contributed by atoms with Crippen molar-refractivity contribution in [2.75, 3.05) is 17.1 Å². The Hall–Kier alpha value is -2.75. The Balaban J connectivity index is 0.000000314. The number of anilines is 2. The molecule has 1 heterocycles. The lowest BCUT2D eigenvalue weighted by Gasteiger charge is -2.23. The minimum Gasteiger partial charge on any atom is -0.399 e. The van der Waals surface area contributed by atoms with Crippen molar-refractivity contribution in [2.45, 2.75) is 36.2 Å². The number of aliphatic hydroxyl groups excluding tert-OH is 5. The van der Waals surface area contributed by atoms with E-state index in [1.165, 1.54) is 30.3 Å². The van der Waals surface area contributed by atoms with Crippen molar-refractivity contribution in [1.82, 2.24) is 5.16 Å². The van der Waals surface area contributed by atoms with Gasteiger partial charge in [-0.25, -0.2) is 8.42 Å². The van der Waals surface area contributed by atoms with Crippen LogP contribution in [0.4, 0.5) is 11.5 Å². The normalized spacial score (nSPS) is 15.3. The van der Waals surface area contributed by atoms with E-state index in [4.69, 9.17) is 35.8 Å². The summed E-state index contributed by atoms with van der Waals surface area (Å²) in [5.74, 6) is -0.545. The van der Waals surface area contributed by atoms with Gasteiger partial charge >= 0.3 is 0 Å². The molecule has 0 aliphatic carbocycles. The molecule has 0 unspecified atom stereocenters. The summed E-state index contributed by atoms with van der Waals surface area (Å²) in [6.07, 6.45) is -7.35. The number of primary amides is 1. The second-order valence-corrected chi connectivity index (χ2v) is 7.76. The molecular formula is C16H24N4O9S. The number of aromatic nitrogens is 1. The molecule has 0 radical (unpaired) electrons. The molecular weight excluding hydrogens is 424 g/mol. The Kier molecular flexibility index (Phi) is 9.16. The van der Waals surface area contributed by atoms with Crippen molar-refractivity contribution in [3.63, 3.8) is 0 Å². The second-order valence-electron chi connectivity index (χ2n) is 6.08. The van der Waals surface area contributed by atoms with Gasteiger partial charge in [-0.2, -0.15) is 0 Å². The average molecular weight is 448 g/mol. The van der Waals surface area contributed by atoms with Crippen LogP contribution < -0.4 is 16.2 Å². The third kappa shape index (κ3) is 7.25. The number of rotatable bonds is 8. The number of nitrogens with zero attached hydrogens (tertiary/aromatic N) is 1. The fourth-order valence-corrected chi connectivity index (χ4v) is 2.93. The molecule has 1 aromatic carbocycles. The van der Waals surface area contributed by atoms with Gasteiger partial charge < -0.3 is 41.5 Å². The number of sulfonamides is 1.